The van der Waals surface area contributed by atoms with Crippen LogP contribution in [0.15, 0.2) is 60.7 Å². The van der Waals surface area contributed by atoms with Crippen LogP contribution in [-0.2, 0) is 6.54 Å². The van der Waals surface area contributed by atoms with Crippen LogP contribution in [0.1, 0.15) is 27.0 Å². The monoisotopic (exact) mass is 428 g/mol. The number of amides is 1. The second kappa shape index (κ2) is 7.96. The summed E-state index contributed by atoms with van der Waals surface area (Å²) in [4.78, 5) is 17.8. The van der Waals surface area contributed by atoms with E-state index in [1.807, 2.05) is 50.2 Å². The first-order valence-corrected chi connectivity index (χ1v) is 10.3. The number of aryl methyl sites for hydroxylation is 2. The lowest BCUT2D eigenvalue weighted by molar-refractivity contribution is 0.0952. The largest absolute Gasteiger partial charge is 0.454 e. The number of rotatable bonds is 4. The van der Waals surface area contributed by atoms with Crippen molar-refractivity contribution >= 4 is 16.8 Å². The predicted molar refractivity (Wildman–Crippen MR) is 120 cm³/mol. The smallest absolute Gasteiger partial charge is 0.252 e. The van der Waals surface area contributed by atoms with Crippen molar-refractivity contribution in [3.63, 3.8) is 0 Å². The van der Waals surface area contributed by atoms with Crippen molar-refractivity contribution < 1.29 is 18.7 Å². The minimum atomic E-state index is -0.414. The maximum atomic E-state index is 14.0. The number of carbonyl (C=O) groups is 1. The molecule has 2 heterocycles. The molecular weight excluding hydrogens is 407 g/mol. The molecule has 1 aromatic heterocycles. The van der Waals surface area contributed by atoms with Crippen LogP contribution in [0.2, 0.25) is 0 Å². The Balaban J connectivity index is 1.50. The second-order valence-electron chi connectivity index (χ2n) is 7.89. The Bertz CT molecular complexity index is 1370. The third kappa shape index (κ3) is 3.75. The summed E-state index contributed by atoms with van der Waals surface area (Å²) >= 11 is 0. The molecule has 0 aliphatic carbocycles. The molecular formula is C26H21FN2O3. The molecule has 0 spiro atoms. The van der Waals surface area contributed by atoms with Crippen LogP contribution in [0.4, 0.5) is 4.39 Å². The van der Waals surface area contributed by atoms with E-state index >= 15 is 0 Å². The molecule has 4 aromatic rings. The lowest BCUT2D eigenvalue weighted by Gasteiger charge is -2.12. The zero-order valence-electron chi connectivity index (χ0n) is 17.7. The Labute approximate surface area is 184 Å². The van der Waals surface area contributed by atoms with Crippen molar-refractivity contribution in [3.05, 3.63) is 88.7 Å². The Morgan fingerprint density at radius 1 is 0.969 bits per heavy atom. The summed E-state index contributed by atoms with van der Waals surface area (Å²) in [7, 11) is 0. The van der Waals surface area contributed by atoms with Crippen LogP contribution in [-0.4, -0.2) is 17.7 Å². The van der Waals surface area contributed by atoms with Gasteiger partial charge in [-0.05, 0) is 73.0 Å². The van der Waals surface area contributed by atoms with E-state index in [0.717, 1.165) is 16.7 Å². The number of hydrogen-bond acceptors (Lipinski definition) is 4. The highest BCUT2D eigenvalue weighted by Gasteiger charge is 2.17. The van der Waals surface area contributed by atoms with Crippen molar-refractivity contribution in [2.75, 3.05) is 6.79 Å². The summed E-state index contributed by atoms with van der Waals surface area (Å²) in [6, 6.07) is 17.6. The standard InChI is InChI=1S/C26H21FN2O3/c1-15-3-5-18(9-16(15)2)23-12-21(20-11-19(27)6-7-22(20)29-23)26(30)28-13-17-4-8-24-25(10-17)32-14-31-24/h3-12H,13-14H2,1-2H3,(H,28,30). The molecule has 32 heavy (non-hydrogen) atoms. The normalized spacial score (nSPS) is 12.2. The van der Waals surface area contributed by atoms with Crippen LogP contribution in [0, 0.1) is 19.7 Å². The van der Waals surface area contributed by atoms with Crippen molar-refractivity contribution in [2.45, 2.75) is 20.4 Å². The summed E-state index contributed by atoms with van der Waals surface area (Å²) < 4.78 is 24.7. The molecule has 1 amide bonds. The van der Waals surface area contributed by atoms with Gasteiger partial charge >= 0.3 is 0 Å². The lowest BCUT2D eigenvalue weighted by atomic mass is 10.0. The first kappa shape index (κ1) is 20.0. The van der Waals surface area contributed by atoms with Gasteiger partial charge in [0, 0.05) is 17.5 Å². The first-order valence-electron chi connectivity index (χ1n) is 10.3. The molecule has 3 aromatic carbocycles. The van der Waals surface area contributed by atoms with Gasteiger partial charge in [-0.2, -0.15) is 0 Å². The van der Waals surface area contributed by atoms with Crippen LogP contribution in [0.3, 0.4) is 0 Å². The number of ether oxygens (including phenoxy) is 2. The average molecular weight is 428 g/mol. The molecule has 160 valence electrons. The number of aromatic nitrogens is 1. The highest BCUT2D eigenvalue weighted by atomic mass is 19.1. The van der Waals surface area contributed by atoms with Gasteiger partial charge in [0.25, 0.3) is 5.91 Å². The number of benzene rings is 3. The maximum absolute atomic E-state index is 14.0. The number of halogens is 1. The molecule has 0 fully saturated rings. The maximum Gasteiger partial charge on any atom is 0.252 e. The molecule has 0 saturated heterocycles. The minimum absolute atomic E-state index is 0.195. The third-order valence-corrected chi connectivity index (χ3v) is 5.71. The predicted octanol–water partition coefficient (Wildman–Crippen LogP) is 5.32. The summed E-state index contributed by atoms with van der Waals surface area (Å²) in [6.07, 6.45) is 0. The highest BCUT2D eigenvalue weighted by Crippen LogP contribution is 2.32. The number of nitrogens with one attached hydrogen (secondary N) is 1. The van der Waals surface area contributed by atoms with Crippen LogP contribution >= 0.6 is 0 Å². The lowest BCUT2D eigenvalue weighted by Crippen LogP contribution is -2.23. The van der Waals surface area contributed by atoms with Gasteiger partial charge < -0.3 is 14.8 Å². The first-order chi connectivity index (χ1) is 15.5. The Kier molecular flexibility index (Phi) is 4.98. The molecule has 5 rings (SSSR count). The molecule has 0 saturated carbocycles. The van der Waals surface area contributed by atoms with E-state index in [4.69, 9.17) is 9.47 Å². The number of hydrogen-bond donors (Lipinski definition) is 1. The van der Waals surface area contributed by atoms with Crippen LogP contribution in [0.25, 0.3) is 22.2 Å². The van der Waals surface area contributed by atoms with E-state index in [-0.39, 0.29) is 12.7 Å². The van der Waals surface area contributed by atoms with Gasteiger partial charge in [0.1, 0.15) is 5.82 Å². The van der Waals surface area contributed by atoms with Crippen molar-refractivity contribution in [1.82, 2.24) is 10.3 Å². The van der Waals surface area contributed by atoms with E-state index in [1.54, 1.807) is 12.1 Å². The minimum Gasteiger partial charge on any atom is -0.454 e. The molecule has 5 nitrogen and oxygen atoms in total. The van der Waals surface area contributed by atoms with E-state index in [2.05, 4.69) is 10.3 Å². The van der Waals surface area contributed by atoms with E-state index < -0.39 is 5.82 Å². The third-order valence-electron chi connectivity index (χ3n) is 5.71. The van der Waals surface area contributed by atoms with Crippen LogP contribution < -0.4 is 14.8 Å². The van der Waals surface area contributed by atoms with Gasteiger partial charge in [-0.25, -0.2) is 9.37 Å². The van der Waals surface area contributed by atoms with Crippen LogP contribution in [0.5, 0.6) is 11.5 Å². The zero-order chi connectivity index (χ0) is 22.2. The number of fused-ring (bicyclic) bond motifs is 2. The molecule has 1 aliphatic heterocycles. The number of pyridine rings is 1. The fraction of sp³-hybridized carbons (Fsp3) is 0.154. The molecule has 0 bridgehead atoms. The fourth-order valence-electron chi connectivity index (χ4n) is 3.76. The van der Waals surface area contributed by atoms with E-state index in [9.17, 15) is 9.18 Å². The number of nitrogens with zero attached hydrogens (tertiary/aromatic N) is 1. The fourth-order valence-corrected chi connectivity index (χ4v) is 3.76. The van der Waals surface area contributed by atoms with Gasteiger partial charge in [0.15, 0.2) is 11.5 Å². The van der Waals surface area contributed by atoms with Crippen molar-refractivity contribution in [1.29, 1.82) is 0 Å². The molecule has 1 N–H and O–H groups in total. The Morgan fingerprint density at radius 2 is 1.81 bits per heavy atom. The summed E-state index contributed by atoms with van der Waals surface area (Å²) in [6.45, 7) is 4.58. The topological polar surface area (TPSA) is 60.5 Å². The molecule has 1 aliphatic rings. The molecule has 6 heteroatoms. The van der Waals surface area contributed by atoms with E-state index in [0.29, 0.717) is 40.2 Å². The Morgan fingerprint density at radius 3 is 2.66 bits per heavy atom. The van der Waals surface area contributed by atoms with Gasteiger partial charge in [-0.15, -0.1) is 0 Å². The summed E-state index contributed by atoms with van der Waals surface area (Å²) in [5.74, 6) is 0.632. The highest BCUT2D eigenvalue weighted by molar-refractivity contribution is 6.07. The second-order valence-corrected chi connectivity index (χ2v) is 7.89. The van der Waals surface area contributed by atoms with Gasteiger partial charge in [0.05, 0.1) is 16.8 Å². The molecule has 0 atom stereocenters. The van der Waals surface area contributed by atoms with Crippen molar-refractivity contribution in [2.24, 2.45) is 0 Å². The summed E-state index contributed by atoms with van der Waals surface area (Å²) in [5, 5.41) is 3.40. The number of carbonyl (C=O) groups excluding carboxylic acids is 1. The molecule has 0 unspecified atom stereocenters. The quantitative estimate of drug-likeness (QED) is 0.478. The van der Waals surface area contributed by atoms with E-state index in [1.165, 1.54) is 17.7 Å². The average Bonchev–Trinajstić information content (AvgIpc) is 3.26. The zero-order valence-corrected chi connectivity index (χ0v) is 17.7. The Hall–Kier alpha value is -3.93. The van der Waals surface area contributed by atoms with Gasteiger partial charge in [-0.1, -0.05) is 18.2 Å². The van der Waals surface area contributed by atoms with Gasteiger partial charge in [-0.3, -0.25) is 4.79 Å². The molecule has 0 radical (unpaired) electrons. The van der Waals surface area contributed by atoms with Gasteiger partial charge in [0.2, 0.25) is 6.79 Å². The summed E-state index contributed by atoms with van der Waals surface area (Å²) in [5.41, 5.74) is 5.71. The SMILES string of the molecule is Cc1ccc(-c2cc(C(=O)NCc3ccc4c(c3)OCO4)c3cc(F)ccc3n2)cc1C. The van der Waals surface area contributed by atoms with Crippen molar-refractivity contribution in [3.8, 4) is 22.8 Å².